The van der Waals surface area contributed by atoms with Gasteiger partial charge in [-0.2, -0.15) is 0 Å². The molecule has 1 aromatic rings. The van der Waals surface area contributed by atoms with Crippen LogP contribution in [0.2, 0.25) is 0 Å². The van der Waals surface area contributed by atoms with E-state index in [9.17, 15) is 4.79 Å². The molecule has 0 aliphatic rings. The monoisotopic (exact) mass is 266 g/mol. The average Bonchev–Trinajstić information content (AvgIpc) is 2.81. The van der Waals surface area contributed by atoms with E-state index < -0.39 is 0 Å². The lowest BCUT2D eigenvalue weighted by atomic mass is 10.1. The van der Waals surface area contributed by atoms with Crippen molar-refractivity contribution < 1.29 is 4.79 Å². The van der Waals surface area contributed by atoms with Crippen LogP contribution in [0, 0.1) is 0 Å². The summed E-state index contributed by atoms with van der Waals surface area (Å²) < 4.78 is 0. The first-order valence-electron chi connectivity index (χ1n) is 7.03. The average molecular weight is 266 g/mol. The molecule has 4 N–H and O–H groups in total. The molecule has 5 nitrogen and oxygen atoms in total. The highest BCUT2D eigenvalue weighted by atomic mass is 16.1. The van der Waals surface area contributed by atoms with Gasteiger partial charge in [0, 0.05) is 17.9 Å². The number of nitrogens with zero attached hydrogens (tertiary/aromatic N) is 1. The number of carbonyl (C=O) groups excluding carboxylic acids is 1. The van der Waals surface area contributed by atoms with E-state index in [-0.39, 0.29) is 11.9 Å². The molecule has 1 atom stereocenters. The van der Waals surface area contributed by atoms with Gasteiger partial charge in [0.15, 0.2) is 0 Å². The van der Waals surface area contributed by atoms with E-state index in [4.69, 9.17) is 5.73 Å². The number of amides is 1. The number of nitrogens with one attached hydrogen (secondary N) is 2. The van der Waals surface area contributed by atoms with Gasteiger partial charge >= 0.3 is 0 Å². The molecular weight excluding hydrogens is 240 g/mol. The molecule has 0 aliphatic heterocycles. The topological polar surface area (TPSA) is 74.2 Å². The summed E-state index contributed by atoms with van der Waals surface area (Å²) in [5.41, 5.74) is 6.68. The van der Waals surface area contributed by atoms with E-state index in [2.05, 4.69) is 29.0 Å². The second-order valence-corrected chi connectivity index (χ2v) is 4.89. The normalized spacial score (nSPS) is 12.6. The van der Waals surface area contributed by atoms with E-state index in [0.29, 0.717) is 11.4 Å². The van der Waals surface area contributed by atoms with Crippen molar-refractivity contribution in [3.05, 3.63) is 18.0 Å². The molecule has 0 saturated heterocycles. The minimum absolute atomic E-state index is 0.0907. The van der Waals surface area contributed by atoms with Crippen molar-refractivity contribution in [3.63, 3.8) is 0 Å². The van der Waals surface area contributed by atoms with Crippen LogP contribution in [0.15, 0.2) is 12.3 Å². The Labute approximate surface area is 115 Å². The van der Waals surface area contributed by atoms with Gasteiger partial charge in [-0.05, 0) is 45.5 Å². The number of hydrogen-bond donors (Lipinski definition) is 3. The molecule has 1 amide bonds. The van der Waals surface area contributed by atoms with Gasteiger partial charge < -0.3 is 20.9 Å². The summed E-state index contributed by atoms with van der Waals surface area (Å²) in [4.78, 5) is 17.1. The van der Waals surface area contributed by atoms with Gasteiger partial charge in [0.25, 0.3) is 5.91 Å². The summed E-state index contributed by atoms with van der Waals surface area (Å²) in [6.45, 7) is 9.63. The maximum Gasteiger partial charge on any atom is 0.267 e. The summed E-state index contributed by atoms with van der Waals surface area (Å²) in [5, 5.41) is 2.98. The number of nitrogen functional groups attached to an aromatic ring is 1. The Morgan fingerprint density at radius 1 is 1.47 bits per heavy atom. The van der Waals surface area contributed by atoms with Crippen molar-refractivity contribution in [1.29, 1.82) is 0 Å². The Hall–Kier alpha value is -1.49. The van der Waals surface area contributed by atoms with E-state index in [0.717, 1.165) is 32.5 Å². The summed E-state index contributed by atoms with van der Waals surface area (Å²) >= 11 is 0. The standard InChI is InChI=1S/C14H26N4O/c1-4-18(5-2)8-6-7-11(3)17-14(19)13-9-12(15)10-16-13/h9-11,16H,4-8,15H2,1-3H3,(H,17,19). The van der Waals surface area contributed by atoms with Crippen molar-refractivity contribution >= 4 is 11.6 Å². The lowest BCUT2D eigenvalue weighted by Crippen LogP contribution is -2.33. The highest BCUT2D eigenvalue weighted by Crippen LogP contribution is 2.06. The number of nitrogens with two attached hydrogens (primary N) is 1. The van der Waals surface area contributed by atoms with Crippen LogP contribution in [-0.4, -0.2) is 41.5 Å². The molecular formula is C14H26N4O. The van der Waals surface area contributed by atoms with Gasteiger partial charge in [-0.3, -0.25) is 4.79 Å². The lowest BCUT2D eigenvalue weighted by molar-refractivity contribution is 0.0933. The van der Waals surface area contributed by atoms with Crippen molar-refractivity contribution in [2.75, 3.05) is 25.4 Å². The number of H-pyrrole nitrogens is 1. The molecule has 0 bridgehead atoms. The summed E-state index contributed by atoms with van der Waals surface area (Å²) in [7, 11) is 0. The molecule has 1 aromatic heterocycles. The summed E-state index contributed by atoms with van der Waals surface area (Å²) in [6.07, 6.45) is 3.70. The molecule has 0 aromatic carbocycles. The third kappa shape index (κ3) is 5.34. The molecule has 0 aliphatic carbocycles. The zero-order valence-electron chi connectivity index (χ0n) is 12.2. The third-order valence-corrected chi connectivity index (χ3v) is 3.33. The van der Waals surface area contributed by atoms with E-state index in [1.54, 1.807) is 12.3 Å². The SMILES string of the molecule is CCN(CC)CCCC(C)NC(=O)c1cc(N)c[nH]1. The number of anilines is 1. The maximum atomic E-state index is 11.9. The number of carbonyl (C=O) groups is 1. The van der Waals surface area contributed by atoms with Crippen molar-refractivity contribution in [2.24, 2.45) is 0 Å². The quantitative estimate of drug-likeness (QED) is 0.672. The Kier molecular flexibility index (Phi) is 6.42. The fourth-order valence-electron chi connectivity index (χ4n) is 2.08. The molecule has 0 radical (unpaired) electrons. The van der Waals surface area contributed by atoms with Crippen LogP contribution in [-0.2, 0) is 0 Å². The predicted octanol–water partition coefficient (Wildman–Crippen LogP) is 1.84. The number of hydrogen-bond acceptors (Lipinski definition) is 3. The molecule has 0 saturated carbocycles. The van der Waals surface area contributed by atoms with E-state index in [1.165, 1.54) is 0 Å². The number of rotatable bonds is 8. The Morgan fingerprint density at radius 3 is 2.68 bits per heavy atom. The molecule has 0 spiro atoms. The largest absolute Gasteiger partial charge is 0.397 e. The van der Waals surface area contributed by atoms with Crippen LogP contribution in [0.3, 0.4) is 0 Å². The molecule has 5 heteroatoms. The maximum absolute atomic E-state index is 11.9. The minimum Gasteiger partial charge on any atom is -0.397 e. The van der Waals surface area contributed by atoms with Crippen molar-refractivity contribution in [1.82, 2.24) is 15.2 Å². The van der Waals surface area contributed by atoms with Crippen molar-refractivity contribution in [2.45, 2.75) is 39.7 Å². The van der Waals surface area contributed by atoms with Crippen LogP contribution in [0.25, 0.3) is 0 Å². The first kappa shape index (κ1) is 15.6. The zero-order chi connectivity index (χ0) is 14.3. The van der Waals surface area contributed by atoms with Gasteiger partial charge in [-0.1, -0.05) is 13.8 Å². The molecule has 0 fully saturated rings. The van der Waals surface area contributed by atoms with Crippen molar-refractivity contribution in [3.8, 4) is 0 Å². The fraction of sp³-hybridized carbons (Fsp3) is 0.643. The predicted molar refractivity (Wildman–Crippen MR) is 79.2 cm³/mol. The number of aromatic nitrogens is 1. The molecule has 1 rings (SSSR count). The van der Waals surface area contributed by atoms with Gasteiger partial charge in [-0.25, -0.2) is 0 Å². The first-order valence-corrected chi connectivity index (χ1v) is 7.03. The highest BCUT2D eigenvalue weighted by Gasteiger charge is 2.11. The molecule has 1 heterocycles. The Bertz CT molecular complexity index is 385. The van der Waals surface area contributed by atoms with E-state index >= 15 is 0 Å². The second-order valence-electron chi connectivity index (χ2n) is 4.89. The molecule has 108 valence electrons. The second kappa shape index (κ2) is 7.84. The third-order valence-electron chi connectivity index (χ3n) is 3.33. The smallest absolute Gasteiger partial charge is 0.267 e. The minimum atomic E-state index is -0.0907. The van der Waals surface area contributed by atoms with Gasteiger partial charge in [0.2, 0.25) is 0 Å². The summed E-state index contributed by atoms with van der Waals surface area (Å²) in [5.74, 6) is -0.0907. The Balaban J connectivity index is 2.27. The number of aromatic amines is 1. The molecule has 1 unspecified atom stereocenters. The van der Waals surface area contributed by atoms with E-state index in [1.807, 2.05) is 6.92 Å². The van der Waals surface area contributed by atoms with Crippen LogP contribution in [0.1, 0.15) is 44.1 Å². The van der Waals surface area contributed by atoms with Crippen LogP contribution in [0.5, 0.6) is 0 Å². The molecule has 19 heavy (non-hydrogen) atoms. The van der Waals surface area contributed by atoms with Gasteiger partial charge in [0.05, 0.1) is 0 Å². The summed E-state index contributed by atoms with van der Waals surface area (Å²) in [6, 6.07) is 1.82. The van der Waals surface area contributed by atoms with Crippen LogP contribution >= 0.6 is 0 Å². The van der Waals surface area contributed by atoms with Crippen LogP contribution in [0.4, 0.5) is 5.69 Å². The highest BCUT2D eigenvalue weighted by molar-refractivity contribution is 5.93. The Morgan fingerprint density at radius 2 is 2.16 bits per heavy atom. The zero-order valence-corrected chi connectivity index (χ0v) is 12.2. The van der Waals surface area contributed by atoms with Crippen LogP contribution < -0.4 is 11.1 Å². The van der Waals surface area contributed by atoms with Gasteiger partial charge in [0.1, 0.15) is 5.69 Å². The lowest BCUT2D eigenvalue weighted by Gasteiger charge is -2.19. The fourth-order valence-corrected chi connectivity index (χ4v) is 2.08. The van der Waals surface area contributed by atoms with Gasteiger partial charge in [-0.15, -0.1) is 0 Å². The first-order chi connectivity index (χ1) is 9.06.